The van der Waals surface area contributed by atoms with Gasteiger partial charge in [0.2, 0.25) is 6.73 Å². The Bertz CT molecular complexity index is 1440. The highest BCUT2D eigenvalue weighted by atomic mass is 19.3. The van der Waals surface area contributed by atoms with Crippen molar-refractivity contribution in [3.63, 3.8) is 0 Å². The van der Waals surface area contributed by atoms with Gasteiger partial charge in [-0.15, -0.1) is 0 Å². The number of anilines is 2. The molecule has 1 saturated carbocycles. The van der Waals surface area contributed by atoms with Gasteiger partial charge in [-0.2, -0.15) is 0 Å². The summed E-state index contributed by atoms with van der Waals surface area (Å²) >= 11 is 0. The Kier molecular flexibility index (Phi) is 9.57. The molecule has 1 aliphatic carbocycles. The summed E-state index contributed by atoms with van der Waals surface area (Å²) < 4.78 is 32.8. The second-order valence-corrected chi connectivity index (χ2v) is 12.9. The van der Waals surface area contributed by atoms with Crippen LogP contribution in [0.25, 0.3) is 11.3 Å². The molecule has 0 spiro atoms. The highest BCUT2D eigenvalue weighted by Gasteiger charge is 2.40. The number of alkyl halides is 2. The van der Waals surface area contributed by atoms with E-state index in [1.54, 1.807) is 13.1 Å². The lowest BCUT2D eigenvalue weighted by Crippen LogP contribution is -2.57. The van der Waals surface area contributed by atoms with E-state index in [1.165, 1.54) is 18.3 Å². The maximum Gasteiger partial charge on any atom is 0.313 e. The van der Waals surface area contributed by atoms with Crippen molar-refractivity contribution in [1.82, 2.24) is 19.9 Å². The smallest absolute Gasteiger partial charge is 0.313 e. The fourth-order valence-corrected chi connectivity index (χ4v) is 6.12. The molecule has 3 aromatic heterocycles. The second-order valence-electron chi connectivity index (χ2n) is 12.9. The van der Waals surface area contributed by atoms with Crippen LogP contribution in [0.5, 0.6) is 0 Å². The Morgan fingerprint density at radius 1 is 1.11 bits per heavy atom. The predicted molar refractivity (Wildman–Crippen MR) is 164 cm³/mol. The molecule has 1 saturated heterocycles. The van der Waals surface area contributed by atoms with Crippen LogP contribution in [0.4, 0.5) is 20.4 Å². The molecule has 5 rings (SSSR count). The number of carbonyl (C=O) groups is 1. The largest absolute Gasteiger partial charge is 0.415 e. The Labute approximate surface area is 257 Å². The number of carbonyl (C=O) groups excluding carboxylic acids is 1. The van der Waals surface area contributed by atoms with E-state index in [2.05, 4.69) is 39.3 Å². The first-order valence-electron chi connectivity index (χ1n) is 15.3. The number of aliphatic hydroxyl groups is 1. The number of pyridine rings is 3. The van der Waals surface area contributed by atoms with E-state index in [-0.39, 0.29) is 29.2 Å². The Morgan fingerprint density at radius 3 is 2.50 bits per heavy atom. The lowest BCUT2D eigenvalue weighted by atomic mass is 9.73. The van der Waals surface area contributed by atoms with E-state index in [9.17, 15) is 18.7 Å². The Balaban J connectivity index is 1.19. The highest BCUT2D eigenvalue weighted by Crippen LogP contribution is 2.41. The lowest BCUT2D eigenvalue weighted by molar-refractivity contribution is -0.929. The minimum Gasteiger partial charge on any atom is -0.415 e. The van der Waals surface area contributed by atoms with Crippen molar-refractivity contribution in [2.24, 2.45) is 11.8 Å². The molecule has 2 N–H and O–H groups in total. The van der Waals surface area contributed by atoms with Crippen molar-refractivity contribution in [2.75, 3.05) is 52.3 Å². The molecule has 0 bridgehead atoms. The molecule has 1 aliphatic heterocycles. The van der Waals surface area contributed by atoms with Gasteiger partial charge in [-0.25, -0.2) is 18.7 Å². The van der Waals surface area contributed by atoms with Gasteiger partial charge in [-0.05, 0) is 94.5 Å². The van der Waals surface area contributed by atoms with Crippen molar-refractivity contribution in [3.05, 3.63) is 65.6 Å². The molecule has 4 heterocycles. The van der Waals surface area contributed by atoms with Crippen molar-refractivity contribution in [3.8, 4) is 11.3 Å². The van der Waals surface area contributed by atoms with Gasteiger partial charge in [0.25, 0.3) is 6.43 Å². The van der Waals surface area contributed by atoms with E-state index in [0.29, 0.717) is 49.6 Å². The van der Waals surface area contributed by atoms with Crippen molar-refractivity contribution >= 4 is 17.6 Å². The van der Waals surface area contributed by atoms with Gasteiger partial charge in [-0.3, -0.25) is 19.2 Å². The van der Waals surface area contributed by atoms with Gasteiger partial charge < -0.3 is 15.2 Å². The van der Waals surface area contributed by atoms with Gasteiger partial charge in [0.05, 0.1) is 37.4 Å². The molecule has 9 nitrogen and oxygen atoms in total. The number of hydrogen-bond acceptors (Lipinski definition) is 8. The van der Waals surface area contributed by atoms with Crippen LogP contribution in [0.1, 0.15) is 55.9 Å². The maximum absolute atomic E-state index is 13.1. The topological polar surface area (TPSA) is 100 Å². The van der Waals surface area contributed by atoms with Gasteiger partial charge >= 0.3 is 5.97 Å². The van der Waals surface area contributed by atoms with Crippen LogP contribution in [0, 0.1) is 18.8 Å². The molecule has 0 amide bonds. The molecule has 236 valence electrons. The normalized spacial score (nSPS) is 21.9. The SMILES string of the molecule is Cc1cc(Nc2cc(C(F)F)ccn2)nc(-c2ccc([C@](C)(O)[C@H]3CC[C@H](C(=O)OC[N+]4(C)CCN(C)CC4)CC3)nc2)c1. The zero-order valence-corrected chi connectivity index (χ0v) is 26.0. The number of quaternary nitrogens is 1. The first-order valence-corrected chi connectivity index (χ1v) is 15.3. The van der Waals surface area contributed by atoms with Crippen molar-refractivity contribution in [2.45, 2.75) is 51.6 Å². The third kappa shape index (κ3) is 7.57. The number of aromatic nitrogens is 3. The van der Waals surface area contributed by atoms with E-state index >= 15 is 0 Å². The summed E-state index contributed by atoms with van der Waals surface area (Å²) in [5.41, 5.74) is 1.64. The number of likely N-dealkylation sites (N-methyl/N-ethyl adjacent to an activating group) is 2. The highest BCUT2D eigenvalue weighted by molar-refractivity contribution is 5.72. The number of hydrogen-bond donors (Lipinski definition) is 2. The van der Waals surface area contributed by atoms with E-state index < -0.39 is 12.0 Å². The molecule has 11 heteroatoms. The minimum atomic E-state index is -2.59. The lowest BCUT2D eigenvalue weighted by Gasteiger charge is -2.40. The number of aryl methyl sites for hydroxylation is 1. The van der Waals surface area contributed by atoms with Crippen LogP contribution >= 0.6 is 0 Å². The number of rotatable bonds is 9. The van der Waals surface area contributed by atoms with Gasteiger partial charge in [0.15, 0.2) is 0 Å². The molecule has 0 unspecified atom stereocenters. The van der Waals surface area contributed by atoms with Crippen molar-refractivity contribution < 1.29 is 27.9 Å². The Hall–Kier alpha value is -3.54. The zero-order valence-electron chi connectivity index (χ0n) is 26.0. The fourth-order valence-electron chi connectivity index (χ4n) is 6.12. The van der Waals surface area contributed by atoms with E-state index in [1.807, 2.05) is 31.2 Å². The maximum atomic E-state index is 13.1. The van der Waals surface area contributed by atoms with Crippen LogP contribution in [0.15, 0.2) is 48.8 Å². The molecule has 1 atom stereocenters. The third-order valence-corrected chi connectivity index (χ3v) is 9.26. The monoisotopic (exact) mass is 609 g/mol. The number of piperazine rings is 1. The first-order chi connectivity index (χ1) is 20.9. The van der Waals surface area contributed by atoms with E-state index in [0.717, 1.165) is 41.8 Å². The second kappa shape index (κ2) is 13.2. The molecular formula is C33H43F2N6O3+. The van der Waals surface area contributed by atoms with Crippen LogP contribution in [0.3, 0.4) is 0 Å². The van der Waals surface area contributed by atoms with Gasteiger partial charge in [-0.1, -0.05) is 0 Å². The molecule has 3 aromatic rings. The van der Waals surface area contributed by atoms with Crippen LogP contribution in [-0.2, 0) is 15.1 Å². The molecule has 2 aliphatic rings. The number of nitrogens with zero attached hydrogens (tertiary/aromatic N) is 5. The fraction of sp³-hybridized carbons (Fsp3) is 0.515. The quantitative estimate of drug-likeness (QED) is 0.245. The standard InChI is InChI=1S/C33H43F2N6O3/c1-22-17-27(38-30(18-22)39-29-19-24(31(34)35)11-12-36-29)25-7-10-28(37-20-25)33(2,43)26-8-5-23(6-9-26)32(42)44-21-41(4)15-13-40(3)14-16-41/h7,10-12,17-20,23,26,31,43H,5-6,8-9,13-16,21H2,1-4H3,(H,36,38,39)/q+1/t23-,26-,33-/m1/s1. The van der Waals surface area contributed by atoms with Gasteiger partial charge in [0, 0.05) is 36.6 Å². The summed E-state index contributed by atoms with van der Waals surface area (Å²) in [7, 11) is 4.26. The molecular weight excluding hydrogens is 566 g/mol. The summed E-state index contributed by atoms with van der Waals surface area (Å²) in [4.78, 5) is 28.6. The summed E-state index contributed by atoms with van der Waals surface area (Å²) in [5, 5.41) is 14.6. The summed E-state index contributed by atoms with van der Waals surface area (Å²) in [6.45, 7) is 8.08. The van der Waals surface area contributed by atoms with Crippen LogP contribution < -0.4 is 5.32 Å². The predicted octanol–water partition coefficient (Wildman–Crippen LogP) is 5.43. The van der Waals surface area contributed by atoms with E-state index in [4.69, 9.17) is 4.74 Å². The molecule has 0 radical (unpaired) electrons. The number of ether oxygens (including phenoxy) is 1. The zero-order chi connectivity index (χ0) is 31.5. The molecule has 44 heavy (non-hydrogen) atoms. The minimum absolute atomic E-state index is 0.0310. The molecule has 2 fully saturated rings. The average molecular weight is 610 g/mol. The van der Waals surface area contributed by atoms with Crippen LogP contribution in [-0.4, -0.2) is 82.4 Å². The summed E-state index contributed by atoms with van der Waals surface area (Å²) in [6.07, 6.45) is 3.23. The first kappa shape index (κ1) is 31.9. The summed E-state index contributed by atoms with van der Waals surface area (Å²) in [6, 6.07) is 10.0. The number of nitrogens with one attached hydrogen (secondary N) is 1. The van der Waals surface area contributed by atoms with Crippen molar-refractivity contribution in [1.29, 1.82) is 0 Å². The molecule has 0 aromatic carbocycles. The average Bonchev–Trinajstić information content (AvgIpc) is 3.01. The Morgan fingerprint density at radius 2 is 1.84 bits per heavy atom. The third-order valence-electron chi connectivity index (χ3n) is 9.26. The summed E-state index contributed by atoms with van der Waals surface area (Å²) in [5.74, 6) is 0.465. The van der Waals surface area contributed by atoms with Gasteiger partial charge in [0.1, 0.15) is 17.2 Å². The van der Waals surface area contributed by atoms with Crippen LogP contribution in [0.2, 0.25) is 0 Å². The number of esters is 1. The number of halogens is 2.